The monoisotopic (exact) mass is 818 g/mol. The van der Waals surface area contributed by atoms with Crippen molar-refractivity contribution in [2.75, 3.05) is 33.0 Å². The van der Waals surface area contributed by atoms with E-state index in [1.54, 1.807) is 0 Å². The first-order valence-electron chi connectivity index (χ1n) is 22.6. The molecular weight excluding hydrogens is 734 g/mol. The predicted molar refractivity (Wildman–Crippen MR) is 242 cm³/mol. The van der Waals surface area contributed by atoms with E-state index in [1.807, 2.05) is 0 Å². The summed E-state index contributed by atoms with van der Waals surface area (Å²) in [7, 11) is -4.29. The second kappa shape index (κ2) is 44.8. The Labute approximate surface area is 349 Å². The van der Waals surface area contributed by atoms with Crippen LogP contribution >= 0.6 is 7.82 Å². The number of phosphoric ester groups is 1. The topological polar surface area (TPSA) is 117 Å². The smallest absolute Gasteiger partial charge is 0.457 e. The van der Waals surface area contributed by atoms with Gasteiger partial charge >= 0.3 is 13.8 Å². The fourth-order valence-corrected chi connectivity index (χ4v) is 6.56. The number of hydrogen-bond donors (Lipinski definition) is 2. The fourth-order valence-electron chi connectivity index (χ4n) is 5.80. The molecule has 0 amide bonds. The van der Waals surface area contributed by atoms with Crippen LogP contribution in [0, 0.1) is 0 Å². The van der Waals surface area contributed by atoms with Crippen molar-refractivity contribution in [3.05, 3.63) is 85.1 Å². The van der Waals surface area contributed by atoms with Gasteiger partial charge in [0.15, 0.2) is 0 Å². The summed E-state index contributed by atoms with van der Waals surface area (Å²) >= 11 is 0. The summed E-state index contributed by atoms with van der Waals surface area (Å²) in [6.45, 7) is 4.75. The maximum Gasteiger partial charge on any atom is 0.472 e. The minimum absolute atomic E-state index is 0.0911. The van der Waals surface area contributed by atoms with E-state index >= 15 is 0 Å². The van der Waals surface area contributed by atoms with Crippen LogP contribution < -0.4 is 5.73 Å². The normalized spacial score (nSPS) is 14.2. The number of carbonyl (C=O) groups excluding carboxylic acids is 1. The van der Waals surface area contributed by atoms with Gasteiger partial charge in [-0.15, -0.1) is 0 Å². The Kier molecular flexibility index (Phi) is 43.0. The van der Waals surface area contributed by atoms with E-state index in [2.05, 4.69) is 98.9 Å². The van der Waals surface area contributed by atoms with Gasteiger partial charge in [0, 0.05) is 19.6 Å². The molecule has 2 atom stereocenters. The van der Waals surface area contributed by atoms with Crippen LogP contribution in [0.4, 0.5) is 0 Å². The lowest BCUT2D eigenvalue weighted by Gasteiger charge is -2.20. The number of allylic oxidation sites excluding steroid dienone is 14. The van der Waals surface area contributed by atoms with Gasteiger partial charge in [0.05, 0.1) is 19.8 Å². The molecule has 3 N–H and O–H groups in total. The van der Waals surface area contributed by atoms with Crippen LogP contribution in [0.2, 0.25) is 0 Å². The molecule has 328 valence electrons. The Bertz CT molecular complexity index is 1140. The molecule has 0 aromatic heterocycles. The Balaban J connectivity index is 4.10. The SMILES string of the molecule is CC/C=C\C/C=C\C/C=C\C/C=C\C/C=C\C/C=C\C/C=C\CCCCCC(=O)OC(COCCCCCCCCCCCCCCC)COP(=O)(O)OCCN. The maximum atomic E-state index is 12.6. The molecule has 2 unspecified atom stereocenters. The first kappa shape index (κ1) is 54.7. The summed E-state index contributed by atoms with van der Waals surface area (Å²) in [6.07, 6.45) is 57.5. The Morgan fingerprint density at radius 1 is 0.544 bits per heavy atom. The molecule has 0 saturated carbocycles. The standard InChI is InChI=1S/C48H84NO7P/c1-3-5-7-9-11-13-15-17-18-19-20-21-22-23-24-25-26-27-28-29-31-33-35-37-39-41-48(50)56-47(46-55-57(51,52)54-44-42-49)45-53-43-40-38-36-34-32-30-16-14-12-10-8-6-4-2/h5,7,11,13,17-18,20-21,23-24,26-27,29,31,47H,3-4,6,8-10,12,14-16,19,22,25,28,30,32-46,49H2,1-2H3,(H,51,52)/b7-5-,13-11-,18-17-,21-20-,24-23-,27-26-,31-29-. The Hall–Kier alpha value is -2.32. The lowest BCUT2D eigenvalue weighted by atomic mass is 10.0. The summed E-state index contributed by atoms with van der Waals surface area (Å²) in [4.78, 5) is 22.5. The van der Waals surface area contributed by atoms with Gasteiger partial charge in [-0.3, -0.25) is 13.8 Å². The summed E-state index contributed by atoms with van der Waals surface area (Å²) < 4.78 is 33.4. The van der Waals surface area contributed by atoms with Crippen LogP contribution in [0.5, 0.6) is 0 Å². The van der Waals surface area contributed by atoms with E-state index in [-0.39, 0.29) is 38.8 Å². The average Bonchev–Trinajstić information content (AvgIpc) is 3.20. The van der Waals surface area contributed by atoms with Crippen molar-refractivity contribution >= 4 is 13.8 Å². The molecule has 0 fully saturated rings. The molecule has 0 aliphatic carbocycles. The highest BCUT2D eigenvalue weighted by atomic mass is 31.2. The molecule has 9 heteroatoms. The third kappa shape index (κ3) is 44.6. The van der Waals surface area contributed by atoms with Gasteiger partial charge in [-0.2, -0.15) is 0 Å². The lowest BCUT2D eigenvalue weighted by molar-refractivity contribution is -0.154. The second-order valence-electron chi connectivity index (χ2n) is 14.5. The molecule has 0 radical (unpaired) electrons. The zero-order valence-corrected chi connectivity index (χ0v) is 37.2. The zero-order chi connectivity index (χ0) is 41.6. The highest BCUT2D eigenvalue weighted by Gasteiger charge is 2.25. The molecule has 0 spiro atoms. The van der Waals surface area contributed by atoms with Gasteiger partial charge in [-0.1, -0.05) is 182 Å². The number of ether oxygens (including phenoxy) is 2. The van der Waals surface area contributed by atoms with Crippen LogP contribution in [0.25, 0.3) is 0 Å². The molecule has 0 aliphatic rings. The van der Waals surface area contributed by atoms with Crippen molar-refractivity contribution in [2.24, 2.45) is 5.73 Å². The van der Waals surface area contributed by atoms with E-state index in [1.165, 1.54) is 70.6 Å². The number of phosphoric acid groups is 1. The van der Waals surface area contributed by atoms with E-state index in [4.69, 9.17) is 24.3 Å². The predicted octanol–water partition coefficient (Wildman–Crippen LogP) is 13.7. The number of carbonyl (C=O) groups is 1. The van der Waals surface area contributed by atoms with Gasteiger partial charge < -0.3 is 20.1 Å². The lowest BCUT2D eigenvalue weighted by Crippen LogP contribution is -2.28. The van der Waals surface area contributed by atoms with E-state index in [0.717, 1.165) is 77.0 Å². The maximum absolute atomic E-state index is 12.6. The van der Waals surface area contributed by atoms with Crippen LogP contribution in [-0.2, 0) is 27.9 Å². The van der Waals surface area contributed by atoms with E-state index in [9.17, 15) is 14.3 Å². The fraction of sp³-hybridized carbons (Fsp3) is 0.688. The molecule has 0 saturated heterocycles. The highest BCUT2D eigenvalue weighted by molar-refractivity contribution is 7.47. The van der Waals surface area contributed by atoms with Gasteiger partial charge in [-0.25, -0.2) is 4.57 Å². The average molecular weight is 818 g/mol. The molecular formula is C48H84NO7P. The minimum atomic E-state index is -4.29. The highest BCUT2D eigenvalue weighted by Crippen LogP contribution is 2.43. The van der Waals surface area contributed by atoms with Crippen molar-refractivity contribution in [1.82, 2.24) is 0 Å². The first-order valence-corrected chi connectivity index (χ1v) is 24.1. The van der Waals surface area contributed by atoms with Crippen LogP contribution in [0.3, 0.4) is 0 Å². The summed E-state index contributed by atoms with van der Waals surface area (Å²) in [5.74, 6) is -0.364. The van der Waals surface area contributed by atoms with Crippen molar-refractivity contribution in [3.63, 3.8) is 0 Å². The number of esters is 1. The zero-order valence-electron chi connectivity index (χ0n) is 36.3. The third-order valence-electron chi connectivity index (χ3n) is 9.08. The molecule has 0 bridgehead atoms. The van der Waals surface area contributed by atoms with E-state index < -0.39 is 13.9 Å². The molecule has 0 aliphatic heterocycles. The quantitative estimate of drug-likeness (QED) is 0.0271. The van der Waals surface area contributed by atoms with Crippen molar-refractivity contribution in [2.45, 2.75) is 180 Å². The van der Waals surface area contributed by atoms with E-state index in [0.29, 0.717) is 13.0 Å². The molecule has 0 rings (SSSR count). The van der Waals surface area contributed by atoms with Crippen LogP contribution in [-0.4, -0.2) is 49.9 Å². The summed E-state index contributed by atoms with van der Waals surface area (Å²) in [6, 6.07) is 0. The first-order chi connectivity index (χ1) is 27.9. The number of rotatable bonds is 42. The summed E-state index contributed by atoms with van der Waals surface area (Å²) in [5, 5.41) is 0. The second-order valence-corrected chi connectivity index (χ2v) is 16.0. The van der Waals surface area contributed by atoms with Crippen LogP contribution in [0.15, 0.2) is 85.1 Å². The number of unbranched alkanes of at least 4 members (excludes halogenated alkanes) is 15. The molecule has 8 nitrogen and oxygen atoms in total. The largest absolute Gasteiger partial charge is 0.472 e. The molecule has 0 aromatic rings. The molecule has 57 heavy (non-hydrogen) atoms. The third-order valence-corrected chi connectivity index (χ3v) is 10.1. The van der Waals surface area contributed by atoms with Crippen molar-refractivity contribution in [3.8, 4) is 0 Å². The van der Waals surface area contributed by atoms with Crippen LogP contribution in [0.1, 0.15) is 174 Å². The number of hydrogen-bond acceptors (Lipinski definition) is 7. The molecule has 0 heterocycles. The van der Waals surface area contributed by atoms with Gasteiger partial charge in [0.25, 0.3) is 0 Å². The Morgan fingerprint density at radius 2 is 0.982 bits per heavy atom. The Morgan fingerprint density at radius 3 is 1.46 bits per heavy atom. The minimum Gasteiger partial charge on any atom is -0.457 e. The van der Waals surface area contributed by atoms with Crippen molar-refractivity contribution < 1.29 is 32.8 Å². The van der Waals surface area contributed by atoms with Crippen molar-refractivity contribution in [1.29, 1.82) is 0 Å². The number of nitrogens with two attached hydrogens (primary N) is 1. The molecule has 0 aromatic carbocycles. The van der Waals surface area contributed by atoms with Gasteiger partial charge in [0.1, 0.15) is 6.10 Å². The summed E-state index contributed by atoms with van der Waals surface area (Å²) in [5.41, 5.74) is 5.37. The van der Waals surface area contributed by atoms with Gasteiger partial charge in [-0.05, 0) is 70.6 Å². The van der Waals surface area contributed by atoms with Gasteiger partial charge in [0.2, 0.25) is 0 Å².